The molecule has 0 spiro atoms. The average Bonchev–Trinajstić information content (AvgIpc) is 2.58. The first-order chi connectivity index (χ1) is 11.6. The molecule has 1 aliphatic rings. The van der Waals surface area contributed by atoms with Gasteiger partial charge in [0.1, 0.15) is 5.82 Å². The molecule has 0 radical (unpaired) electrons. The minimum Gasteiger partial charge on any atom is -0.323 e. The van der Waals surface area contributed by atoms with E-state index in [4.69, 9.17) is 0 Å². The van der Waals surface area contributed by atoms with Crippen molar-refractivity contribution >= 4 is 23.4 Å². The highest BCUT2D eigenvalue weighted by Gasteiger charge is 2.17. The zero-order valence-corrected chi connectivity index (χ0v) is 14.5. The molecular formula is C19H21FN2OS. The Bertz CT molecular complexity index is 748. The number of nitrogens with one attached hydrogen (secondary N) is 2. The fraction of sp³-hybridized carbons (Fsp3) is 0.316. The summed E-state index contributed by atoms with van der Waals surface area (Å²) < 4.78 is 14.5. The molecule has 2 aromatic carbocycles. The maximum atomic E-state index is 14.5. The number of rotatable bonds is 5. The lowest BCUT2D eigenvalue weighted by Gasteiger charge is -2.19. The summed E-state index contributed by atoms with van der Waals surface area (Å²) in [4.78, 5) is 12.1. The Morgan fingerprint density at radius 3 is 3.04 bits per heavy atom. The highest BCUT2D eigenvalue weighted by atomic mass is 32.2. The number of aryl methyl sites for hydroxylation is 1. The van der Waals surface area contributed by atoms with Crippen LogP contribution >= 0.6 is 11.8 Å². The first kappa shape index (κ1) is 17.0. The fourth-order valence-electron chi connectivity index (χ4n) is 2.88. The molecule has 0 atom stereocenters. The van der Waals surface area contributed by atoms with Gasteiger partial charge in [0.15, 0.2) is 0 Å². The van der Waals surface area contributed by atoms with Crippen LogP contribution in [-0.2, 0) is 23.5 Å². The van der Waals surface area contributed by atoms with Gasteiger partial charge in [-0.05, 0) is 42.6 Å². The van der Waals surface area contributed by atoms with Crippen molar-refractivity contribution in [2.45, 2.75) is 25.6 Å². The Morgan fingerprint density at radius 2 is 2.21 bits per heavy atom. The topological polar surface area (TPSA) is 41.1 Å². The molecule has 1 aliphatic heterocycles. The fourth-order valence-corrected chi connectivity index (χ4v) is 3.65. The molecule has 1 heterocycles. The van der Waals surface area contributed by atoms with Crippen molar-refractivity contribution in [1.82, 2.24) is 5.32 Å². The van der Waals surface area contributed by atoms with E-state index in [0.717, 1.165) is 23.4 Å². The van der Waals surface area contributed by atoms with Gasteiger partial charge in [0.25, 0.3) is 0 Å². The number of hydrogen-bond acceptors (Lipinski definition) is 3. The lowest BCUT2D eigenvalue weighted by Crippen LogP contribution is -2.25. The van der Waals surface area contributed by atoms with Gasteiger partial charge in [0.2, 0.25) is 5.91 Å². The summed E-state index contributed by atoms with van der Waals surface area (Å²) in [6, 6.07) is 11.8. The molecule has 0 saturated carbocycles. The Labute approximate surface area is 146 Å². The number of halogens is 1. The maximum Gasteiger partial charge on any atom is 0.234 e. The smallest absolute Gasteiger partial charge is 0.234 e. The molecular weight excluding hydrogens is 323 g/mol. The summed E-state index contributed by atoms with van der Waals surface area (Å²) in [5.74, 6) is 0.630. The predicted octanol–water partition coefficient (Wildman–Crippen LogP) is 3.65. The standard InChI is InChI=1S/C19H21FN2OS/c1-13-3-2-4-14(9-13)11-24-12-18(23)22-17-6-5-15-10-21-8-7-16(15)19(17)20/h2-6,9,21H,7-8,10-12H2,1H3,(H,22,23). The zero-order valence-electron chi connectivity index (χ0n) is 13.7. The molecule has 0 bridgehead atoms. The van der Waals surface area contributed by atoms with Crippen molar-refractivity contribution in [3.63, 3.8) is 0 Å². The molecule has 0 unspecified atom stereocenters. The van der Waals surface area contributed by atoms with Gasteiger partial charge in [-0.15, -0.1) is 11.8 Å². The minimum absolute atomic E-state index is 0.166. The van der Waals surface area contributed by atoms with Crippen LogP contribution in [0.15, 0.2) is 36.4 Å². The molecule has 0 aliphatic carbocycles. The Kier molecular flexibility index (Phi) is 5.53. The second-order valence-electron chi connectivity index (χ2n) is 6.02. The third-order valence-corrected chi connectivity index (χ3v) is 5.07. The number of thioether (sulfide) groups is 1. The van der Waals surface area contributed by atoms with E-state index < -0.39 is 0 Å². The summed E-state index contributed by atoms with van der Waals surface area (Å²) in [7, 11) is 0. The van der Waals surface area contributed by atoms with Crippen LogP contribution in [0.2, 0.25) is 0 Å². The van der Waals surface area contributed by atoms with Gasteiger partial charge < -0.3 is 10.6 Å². The van der Waals surface area contributed by atoms with Crippen molar-refractivity contribution in [2.24, 2.45) is 0 Å². The second kappa shape index (κ2) is 7.81. The lowest BCUT2D eigenvalue weighted by molar-refractivity contribution is -0.113. The van der Waals surface area contributed by atoms with Crippen molar-refractivity contribution in [2.75, 3.05) is 17.6 Å². The van der Waals surface area contributed by atoms with Crippen LogP contribution in [0.5, 0.6) is 0 Å². The number of amides is 1. The maximum absolute atomic E-state index is 14.5. The monoisotopic (exact) mass is 344 g/mol. The SMILES string of the molecule is Cc1cccc(CSCC(=O)Nc2ccc3c(c2F)CCNC3)c1. The molecule has 2 N–H and O–H groups in total. The number of fused-ring (bicyclic) bond motifs is 1. The molecule has 3 rings (SSSR count). The summed E-state index contributed by atoms with van der Waals surface area (Å²) in [6.07, 6.45) is 0.660. The zero-order chi connectivity index (χ0) is 16.9. The summed E-state index contributed by atoms with van der Waals surface area (Å²) in [5, 5.41) is 5.92. The van der Waals surface area contributed by atoms with Gasteiger partial charge >= 0.3 is 0 Å². The number of benzene rings is 2. The van der Waals surface area contributed by atoms with E-state index in [-0.39, 0.29) is 17.4 Å². The molecule has 0 fully saturated rings. The van der Waals surface area contributed by atoms with Gasteiger partial charge in [-0.25, -0.2) is 4.39 Å². The van der Waals surface area contributed by atoms with E-state index in [1.165, 1.54) is 22.9 Å². The van der Waals surface area contributed by atoms with Gasteiger partial charge in [0.05, 0.1) is 11.4 Å². The molecule has 24 heavy (non-hydrogen) atoms. The Hall–Kier alpha value is -1.85. The molecule has 1 amide bonds. The minimum atomic E-state index is -0.286. The van der Waals surface area contributed by atoms with Crippen LogP contribution in [0.4, 0.5) is 10.1 Å². The van der Waals surface area contributed by atoms with E-state index in [2.05, 4.69) is 35.8 Å². The molecule has 0 saturated heterocycles. The normalized spacial score (nSPS) is 13.4. The predicted molar refractivity (Wildman–Crippen MR) is 97.8 cm³/mol. The third kappa shape index (κ3) is 4.16. The average molecular weight is 344 g/mol. The first-order valence-corrected chi connectivity index (χ1v) is 9.23. The number of carbonyl (C=O) groups excluding carboxylic acids is 1. The van der Waals surface area contributed by atoms with Crippen LogP contribution in [0, 0.1) is 12.7 Å². The Balaban J connectivity index is 1.55. The van der Waals surface area contributed by atoms with Gasteiger partial charge in [-0.2, -0.15) is 0 Å². The van der Waals surface area contributed by atoms with E-state index in [9.17, 15) is 9.18 Å². The second-order valence-corrected chi connectivity index (χ2v) is 7.01. The molecule has 2 aromatic rings. The number of anilines is 1. The van der Waals surface area contributed by atoms with Gasteiger partial charge in [0, 0.05) is 12.3 Å². The van der Waals surface area contributed by atoms with Gasteiger partial charge in [-0.3, -0.25) is 4.79 Å². The van der Waals surface area contributed by atoms with Gasteiger partial charge in [-0.1, -0.05) is 35.9 Å². The van der Waals surface area contributed by atoms with Crippen molar-refractivity contribution in [3.05, 3.63) is 64.5 Å². The summed E-state index contributed by atoms with van der Waals surface area (Å²) in [6.45, 7) is 3.51. The van der Waals surface area contributed by atoms with E-state index >= 15 is 0 Å². The van der Waals surface area contributed by atoms with Crippen LogP contribution < -0.4 is 10.6 Å². The van der Waals surface area contributed by atoms with Crippen LogP contribution in [0.25, 0.3) is 0 Å². The van der Waals surface area contributed by atoms with Crippen molar-refractivity contribution in [1.29, 1.82) is 0 Å². The van der Waals surface area contributed by atoms with Crippen molar-refractivity contribution < 1.29 is 9.18 Å². The Morgan fingerprint density at radius 1 is 1.33 bits per heavy atom. The number of carbonyl (C=O) groups is 1. The van der Waals surface area contributed by atoms with E-state index in [0.29, 0.717) is 18.7 Å². The number of hydrogen-bond donors (Lipinski definition) is 2. The summed E-state index contributed by atoms with van der Waals surface area (Å²) in [5.41, 5.74) is 4.39. The van der Waals surface area contributed by atoms with E-state index in [1.807, 2.05) is 12.1 Å². The van der Waals surface area contributed by atoms with Crippen LogP contribution in [-0.4, -0.2) is 18.2 Å². The van der Waals surface area contributed by atoms with Crippen molar-refractivity contribution in [3.8, 4) is 0 Å². The van der Waals surface area contributed by atoms with E-state index in [1.54, 1.807) is 6.07 Å². The first-order valence-electron chi connectivity index (χ1n) is 8.07. The molecule has 3 nitrogen and oxygen atoms in total. The third-order valence-electron chi connectivity index (χ3n) is 4.07. The molecule has 126 valence electrons. The quantitative estimate of drug-likeness (QED) is 0.870. The molecule has 5 heteroatoms. The molecule has 0 aromatic heterocycles. The highest BCUT2D eigenvalue weighted by Crippen LogP contribution is 2.24. The summed E-state index contributed by atoms with van der Waals surface area (Å²) >= 11 is 1.53. The largest absolute Gasteiger partial charge is 0.323 e. The van der Waals surface area contributed by atoms with Crippen LogP contribution in [0.3, 0.4) is 0 Å². The highest BCUT2D eigenvalue weighted by molar-refractivity contribution is 7.99. The lowest BCUT2D eigenvalue weighted by atomic mass is 9.99. The van der Waals surface area contributed by atoms with Crippen LogP contribution in [0.1, 0.15) is 22.3 Å².